The van der Waals surface area contributed by atoms with Crippen LogP contribution in [0.1, 0.15) is 32.4 Å². The van der Waals surface area contributed by atoms with Crippen molar-refractivity contribution < 1.29 is 19.1 Å². The molecule has 2 heterocycles. The monoisotopic (exact) mass is 389 g/mol. The molecule has 3 rings (SSSR count). The Morgan fingerprint density at radius 2 is 1.96 bits per heavy atom. The third-order valence-electron chi connectivity index (χ3n) is 4.26. The summed E-state index contributed by atoms with van der Waals surface area (Å²) < 4.78 is 5.17. The predicted molar refractivity (Wildman–Crippen MR) is 102 cm³/mol. The molecule has 0 spiro atoms. The Labute approximate surface area is 162 Å². The van der Waals surface area contributed by atoms with Crippen LogP contribution in [-0.4, -0.2) is 47.8 Å². The minimum Gasteiger partial charge on any atom is -0.456 e. The minimum absolute atomic E-state index is 0.0101. The second kappa shape index (κ2) is 7.26. The Bertz CT molecular complexity index is 811. The van der Waals surface area contributed by atoms with Crippen molar-refractivity contribution in [1.82, 2.24) is 15.5 Å². The van der Waals surface area contributed by atoms with Gasteiger partial charge in [0.1, 0.15) is 13.2 Å². The number of thioether (sulfide) groups is 1. The van der Waals surface area contributed by atoms with Crippen LogP contribution in [0.3, 0.4) is 0 Å². The summed E-state index contributed by atoms with van der Waals surface area (Å²) >= 11 is 1.61. The lowest BCUT2D eigenvalue weighted by Crippen LogP contribution is -2.52. The van der Waals surface area contributed by atoms with E-state index in [0.717, 1.165) is 10.5 Å². The Kier molecular flexibility index (Phi) is 5.19. The van der Waals surface area contributed by atoms with Crippen LogP contribution in [0.5, 0.6) is 0 Å². The number of nitrogens with zero attached hydrogens (tertiary/aromatic N) is 1. The number of amides is 3. The average Bonchev–Trinajstić information content (AvgIpc) is 2.97. The number of urea groups is 1. The second-order valence-electron chi connectivity index (χ2n) is 7.48. The molecule has 1 atom stereocenters. The Morgan fingerprint density at radius 1 is 1.30 bits per heavy atom. The maximum Gasteiger partial charge on any atom is 0.338 e. The van der Waals surface area contributed by atoms with Crippen LogP contribution in [0.4, 0.5) is 4.79 Å². The van der Waals surface area contributed by atoms with Crippen molar-refractivity contribution in [2.75, 3.05) is 19.4 Å². The summed E-state index contributed by atoms with van der Waals surface area (Å²) in [6.45, 7) is 5.41. The Balaban J connectivity index is 1.90. The van der Waals surface area contributed by atoms with Crippen LogP contribution in [0.25, 0.3) is 0 Å². The zero-order valence-corrected chi connectivity index (χ0v) is 16.6. The van der Waals surface area contributed by atoms with Gasteiger partial charge in [0, 0.05) is 10.4 Å². The Morgan fingerprint density at radius 3 is 2.56 bits per heavy atom. The van der Waals surface area contributed by atoms with E-state index in [-0.39, 0.29) is 19.1 Å². The van der Waals surface area contributed by atoms with Gasteiger partial charge in [0.15, 0.2) is 0 Å². The molecule has 1 aromatic carbocycles. The van der Waals surface area contributed by atoms with Gasteiger partial charge in [-0.15, -0.1) is 11.8 Å². The van der Waals surface area contributed by atoms with Crippen molar-refractivity contribution in [1.29, 1.82) is 0 Å². The van der Waals surface area contributed by atoms with Crippen molar-refractivity contribution in [2.45, 2.75) is 37.2 Å². The molecule has 2 N–H and O–H groups in total. The summed E-state index contributed by atoms with van der Waals surface area (Å²) in [5.74, 6) is -0.767. The van der Waals surface area contributed by atoms with E-state index in [1.54, 1.807) is 11.8 Å². The number of nitrogens with one attached hydrogen (secondary N) is 2. The quantitative estimate of drug-likeness (QED) is 0.609. The van der Waals surface area contributed by atoms with Crippen LogP contribution in [0.2, 0.25) is 0 Å². The molecule has 2 aliphatic heterocycles. The molecular weight excluding hydrogens is 366 g/mol. The third-order valence-corrected chi connectivity index (χ3v) is 5.01. The fourth-order valence-corrected chi connectivity index (χ4v) is 3.53. The van der Waals surface area contributed by atoms with Crippen molar-refractivity contribution in [3.05, 3.63) is 41.1 Å². The zero-order valence-electron chi connectivity index (χ0n) is 15.8. The summed E-state index contributed by atoms with van der Waals surface area (Å²) in [4.78, 5) is 39.7. The van der Waals surface area contributed by atoms with Crippen LogP contribution in [-0.2, 0) is 14.3 Å². The first-order valence-corrected chi connectivity index (χ1v) is 9.85. The maximum absolute atomic E-state index is 12.7. The van der Waals surface area contributed by atoms with E-state index in [1.165, 1.54) is 4.90 Å². The highest BCUT2D eigenvalue weighted by atomic mass is 32.2. The van der Waals surface area contributed by atoms with Gasteiger partial charge in [-0.3, -0.25) is 9.69 Å². The smallest absolute Gasteiger partial charge is 0.338 e. The van der Waals surface area contributed by atoms with Gasteiger partial charge in [0.25, 0.3) is 0 Å². The number of cyclic esters (lactones) is 1. The first-order valence-electron chi connectivity index (χ1n) is 8.63. The van der Waals surface area contributed by atoms with E-state index in [2.05, 4.69) is 10.6 Å². The van der Waals surface area contributed by atoms with Gasteiger partial charge < -0.3 is 15.4 Å². The normalized spacial score (nSPS) is 19.6. The van der Waals surface area contributed by atoms with Gasteiger partial charge in [-0.2, -0.15) is 0 Å². The lowest BCUT2D eigenvalue weighted by molar-refractivity contribution is -0.136. The molecular formula is C19H23N3O4S. The topological polar surface area (TPSA) is 87.7 Å². The number of rotatable bonds is 4. The molecule has 0 unspecified atom stereocenters. The highest BCUT2D eigenvalue weighted by Crippen LogP contribution is 2.35. The largest absolute Gasteiger partial charge is 0.456 e. The van der Waals surface area contributed by atoms with Crippen molar-refractivity contribution >= 4 is 29.7 Å². The Hall–Kier alpha value is -2.48. The molecule has 3 amide bonds. The van der Waals surface area contributed by atoms with Crippen LogP contribution < -0.4 is 10.6 Å². The molecule has 0 saturated carbocycles. The minimum atomic E-state index is -0.583. The highest BCUT2D eigenvalue weighted by Gasteiger charge is 2.42. The number of esters is 1. The van der Waals surface area contributed by atoms with Gasteiger partial charge in [-0.1, -0.05) is 12.1 Å². The number of ether oxygens (including phenoxy) is 1. The molecule has 1 aromatic rings. The molecule has 0 saturated heterocycles. The fourth-order valence-electron chi connectivity index (χ4n) is 3.13. The summed E-state index contributed by atoms with van der Waals surface area (Å²) in [6, 6.07) is 6.64. The van der Waals surface area contributed by atoms with Crippen LogP contribution >= 0.6 is 11.8 Å². The molecule has 0 fully saturated rings. The molecule has 27 heavy (non-hydrogen) atoms. The molecule has 0 bridgehead atoms. The molecule has 144 valence electrons. The summed E-state index contributed by atoms with van der Waals surface area (Å²) in [5, 5.41) is 5.65. The van der Waals surface area contributed by atoms with Crippen molar-refractivity contribution in [3.8, 4) is 0 Å². The summed E-state index contributed by atoms with van der Waals surface area (Å²) in [7, 11) is 0. The first kappa shape index (κ1) is 19.3. The van der Waals surface area contributed by atoms with Gasteiger partial charge in [0.05, 0.1) is 17.3 Å². The van der Waals surface area contributed by atoms with Gasteiger partial charge in [0.2, 0.25) is 5.91 Å². The average molecular weight is 389 g/mol. The number of carbonyl (C=O) groups is 3. The zero-order chi connectivity index (χ0) is 19.8. The second-order valence-corrected chi connectivity index (χ2v) is 8.36. The van der Waals surface area contributed by atoms with E-state index in [1.807, 2.05) is 51.3 Å². The SMILES string of the molecule is CSc1ccc([C@@H]2NC(=O)N(CC(=O)NC(C)(C)C)C3=C2C(=O)OC3)cc1. The van der Waals surface area contributed by atoms with E-state index >= 15 is 0 Å². The van der Waals surface area contributed by atoms with E-state index in [0.29, 0.717) is 11.3 Å². The first-order chi connectivity index (χ1) is 12.7. The fraction of sp³-hybridized carbons (Fsp3) is 0.421. The molecule has 0 radical (unpaired) electrons. The van der Waals surface area contributed by atoms with Crippen LogP contribution in [0, 0.1) is 0 Å². The van der Waals surface area contributed by atoms with Gasteiger partial charge in [-0.05, 0) is 44.7 Å². The standard InChI is InChI=1S/C19H23N3O4S/c1-19(2,3)21-14(23)9-22-13-10-26-17(24)15(13)16(20-18(22)25)11-5-7-12(27-4)8-6-11/h5-8,16H,9-10H2,1-4H3,(H,20,25)(H,21,23)/t16-/m0/s1. The molecule has 2 aliphatic rings. The molecule has 0 aliphatic carbocycles. The molecule has 0 aromatic heterocycles. The molecule has 8 heteroatoms. The summed E-state index contributed by atoms with van der Waals surface area (Å²) in [6.07, 6.45) is 1.98. The molecule has 7 nitrogen and oxygen atoms in total. The van der Waals surface area contributed by atoms with Gasteiger partial charge >= 0.3 is 12.0 Å². The van der Waals surface area contributed by atoms with Crippen LogP contribution in [0.15, 0.2) is 40.4 Å². The predicted octanol–water partition coefficient (Wildman–Crippen LogP) is 2.20. The van der Waals surface area contributed by atoms with Crippen molar-refractivity contribution in [2.24, 2.45) is 0 Å². The maximum atomic E-state index is 12.7. The number of carbonyl (C=O) groups excluding carboxylic acids is 3. The number of hydrogen-bond acceptors (Lipinski definition) is 5. The van der Waals surface area contributed by atoms with E-state index < -0.39 is 23.6 Å². The summed E-state index contributed by atoms with van der Waals surface area (Å²) in [5.41, 5.74) is 1.22. The van der Waals surface area contributed by atoms with Crippen molar-refractivity contribution in [3.63, 3.8) is 0 Å². The number of benzene rings is 1. The highest BCUT2D eigenvalue weighted by molar-refractivity contribution is 7.98. The number of hydrogen-bond donors (Lipinski definition) is 2. The van der Waals surface area contributed by atoms with Gasteiger partial charge in [-0.25, -0.2) is 9.59 Å². The lowest BCUT2D eigenvalue weighted by atomic mass is 9.96. The van der Waals surface area contributed by atoms with E-state index in [4.69, 9.17) is 4.74 Å². The van der Waals surface area contributed by atoms with E-state index in [9.17, 15) is 14.4 Å². The third kappa shape index (κ3) is 4.10. The lowest BCUT2D eigenvalue weighted by Gasteiger charge is -2.33.